The smallest absolute Gasteiger partial charge is 0.347 e. The van der Waals surface area contributed by atoms with E-state index in [1.807, 2.05) is 0 Å². The molecule has 0 amide bonds. The Morgan fingerprint density at radius 2 is 1.57 bits per heavy atom. The normalized spacial score (nSPS) is 10.2. The number of hydrogen-bond donors (Lipinski definition) is 1. The van der Waals surface area contributed by atoms with Gasteiger partial charge in [0.2, 0.25) is 0 Å². The molecular formula is C16H12Br2O5. The third kappa shape index (κ3) is 4.33. The first-order chi connectivity index (χ1) is 10.9. The van der Waals surface area contributed by atoms with Crippen molar-refractivity contribution in [3.05, 3.63) is 56.5 Å². The fraction of sp³-hybridized carbons (Fsp3) is 0.125. The van der Waals surface area contributed by atoms with Crippen LogP contribution in [0.3, 0.4) is 0 Å². The van der Waals surface area contributed by atoms with Crippen molar-refractivity contribution < 1.29 is 24.2 Å². The first-order valence-corrected chi connectivity index (χ1v) is 8.18. The maximum atomic E-state index is 12.4. The summed E-state index contributed by atoms with van der Waals surface area (Å²) in [5.41, 5.74) is 0.0983. The molecule has 1 N–H and O–H groups in total. The number of hydrogen-bond acceptors (Lipinski definition) is 4. The Morgan fingerprint density at radius 1 is 1.00 bits per heavy atom. The highest BCUT2D eigenvalue weighted by molar-refractivity contribution is 9.10. The van der Waals surface area contributed by atoms with Crippen molar-refractivity contribution in [2.45, 2.75) is 6.92 Å². The number of rotatable bonds is 5. The molecule has 0 saturated heterocycles. The molecule has 0 spiro atoms. The summed E-state index contributed by atoms with van der Waals surface area (Å²) in [6.07, 6.45) is 0. The monoisotopic (exact) mass is 442 g/mol. The molecule has 2 rings (SSSR count). The van der Waals surface area contributed by atoms with Crippen LogP contribution in [0.2, 0.25) is 0 Å². The lowest BCUT2D eigenvalue weighted by Gasteiger charge is -2.12. The van der Waals surface area contributed by atoms with E-state index in [0.717, 1.165) is 0 Å². The van der Waals surface area contributed by atoms with Crippen molar-refractivity contribution in [1.29, 1.82) is 0 Å². The van der Waals surface area contributed by atoms with Gasteiger partial charge in [0.25, 0.3) is 0 Å². The van der Waals surface area contributed by atoms with Gasteiger partial charge in [0.1, 0.15) is 22.6 Å². The standard InChI is InChI=1S/C16H12Br2O5/c1-2-22-13-5-3-10(18)8-12(13)16(21)23-14-6-4-9(17)7-11(14)15(19)20/h3-8H,2H2,1H3,(H,19,20). The molecule has 0 saturated carbocycles. The van der Waals surface area contributed by atoms with E-state index in [4.69, 9.17) is 9.47 Å². The molecule has 0 aliphatic carbocycles. The Morgan fingerprint density at radius 3 is 2.13 bits per heavy atom. The Labute approximate surface area is 149 Å². The van der Waals surface area contributed by atoms with Crippen molar-refractivity contribution in [2.75, 3.05) is 6.61 Å². The van der Waals surface area contributed by atoms with Crippen LogP contribution >= 0.6 is 31.9 Å². The number of halogens is 2. The van der Waals surface area contributed by atoms with Gasteiger partial charge in [0.15, 0.2) is 0 Å². The number of ether oxygens (including phenoxy) is 2. The van der Waals surface area contributed by atoms with Crippen molar-refractivity contribution in [2.24, 2.45) is 0 Å². The van der Waals surface area contributed by atoms with E-state index in [1.165, 1.54) is 12.1 Å². The molecule has 2 aromatic rings. The first-order valence-electron chi connectivity index (χ1n) is 6.59. The first kappa shape index (κ1) is 17.5. The van der Waals surface area contributed by atoms with Crippen molar-refractivity contribution in [3.63, 3.8) is 0 Å². The van der Waals surface area contributed by atoms with Gasteiger partial charge in [-0.05, 0) is 43.3 Å². The van der Waals surface area contributed by atoms with Crippen LogP contribution < -0.4 is 9.47 Å². The number of carboxylic acid groups (broad SMARTS) is 1. The van der Waals surface area contributed by atoms with Gasteiger partial charge >= 0.3 is 11.9 Å². The molecule has 0 heterocycles. The SMILES string of the molecule is CCOc1ccc(Br)cc1C(=O)Oc1ccc(Br)cc1C(=O)O. The van der Waals surface area contributed by atoms with E-state index in [1.54, 1.807) is 31.2 Å². The molecule has 7 heteroatoms. The lowest BCUT2D eigenvalue weighted by atomic mass is 10.2. The molecule has 23 heavy (non-hydrogen) atoms. The van der Waals surface area contributed by atoms with Gasteiger partial charge in [0, 0.05) is 8.95 Å². The number of benzene rings is 2. The molecular weight excluding hydrogens is 432 g/mol. The van der Waals surface area contributed by atoms with Crippen LogP contribution in [0.1, 0.15) is 27.6 Å². The van der Waals surface area contributed by atoms with E-state index in [2.05, 4.69) is 31.9 Å². The highest BCUT2D eigenvalue weighted by Gasteiger charge is 2.19. The molecule has 0 atom stereocenters. The average Bonchev–Trinajstić information content (AvgIpc) is 2.50. The van der Waals surface area contributed by atoms with Gasteiger partial charge in [-0.3, -0.25) is 0 Å². The van der Waals surface area contributed by atoms with Crippen molar-refractivity contribution >= 4 is 43.8 Å². The molecule has 0 aromatic heterocycles. The van der Waals surface area contributed by atoms with Gasteiger partial charge in [-0.25, -0.2) is 9.59 Å². The van der Waals surface area contributed by atoms with Crippen LogP contribution in [-0.4, -0.2) is 23.7 Å². The molecule has 0 unspecified atom stereocenters. The highest BCUT2D eigenvalue weighted by atomic mass is 79.9. The van der Waals surface area contributed by atoms with Gasteiger partial charge in [-0.1, -0.05) is 31.9 Å². The minimum atomic E-state index is -1.19. The van der Waals surface area contributed by atoms with E-state index in [0.29, 0.717) is 21.3 Å². The second kappa shape index (κ2) is 7.61. The molecule has 0 aliphatic heterocycles. The Kier molecular flexibility index (Phi) is 5.79. The quantitative estimate of drug-likeness (QED) is 0.542. The number of esters is 1. The number of carbonyl (C=O) groups is 2. The van der Waals surface area contributed by atoms with E-state index < -0.39 is 11.9 Å². The van der Waals surface area contributed by atoms with Crippen LogP contribution in [0.25, 0.3) is 0 Å². The summed E-state index contributed by atoms with van der Waals surface area (Å²) in [4.78, 5) is 23.7. The maximum Gasteiger partial charge on any atom is 0.347 e. The molecule has 120 valence electrons. The zero-order valence-electron chi connectivity index (χ0n) is 12.0. The fourth-order valence-electron chi connectivity index (χ4n) is 1.86. The molecule has 0 bridgehead atoms. The van der Waals surface area contributed by atoms with Crippen LogP contribution in [0.5, 0.6) is 11.5 Å². The maximum absolute atomic E-state index is 12.4. The lowest BCUT2D eigenvalue weighted by Crippen LogP contribution is -2.13. The van der Waals surface area contributed by atoms with Gasteiger partial charge in [0.05, 0.1) is 6.61 Å². The van der Waals surface area contributed by atoms with E-state index in [-0.39, 0.29) is 16.9 Å². The molecule has 0 radical (unpaired) electrons. The predicted molar refractivity (Wildman–Crippen MR) is 91.4 cm³/mol. The highest BCUT2D eigenvalue weighted by Crippen LogP contribution is 2.28. The summed E-state index contributed by atoms with van der Waals surface area (Å²) in [7, 11) is 0. The summed E-state index contributed by atoms with van der Waals surface area (Å²) >= 11 is 6.47. The molecule has 2 aromatic carbocycles. The Bertz CT molecular complexity index is 758. The van der Waals surface area contributed by atoms with E-state index in [9.17, 15) is 14.7 Å². The summed E-state index contributed by atoms with van der Waals surface area (Å²) in [6.45, 7) is 2.19. The summed E-state index contributed by atoms with van der Waals surface area (Å²) in [5.74, 6) is -1.55. The second-order valence-corrected chi connectivity index (χ2v) is 6.24. The molecule has 5 nitrogen and oxygen atoms in total. The van der Waals surface area contributed by atoms with Gasteiger partial charge in [-0.2, -0.15) is 0 Å². The van der Waals surface area contributed by atoms with Gasteiger partial charge in [-0.15, -0.1) is 0 Å². The predicted octanol–water partition coefficient (Wildman–Crippen LogP) is 4.53. The number of aromatic carboxylic acids is 1. The third-order valence-electron chi connectivity index (χ3n) is 2.84. The Hall–Kier alpha value is -1.86. The zero-order chi connectivity index (χ0) is 17.0. The summed E-state index contributed by atoms with van der Waals surface area (Å²) in [6, 6.07) is 9.33. The van der Waals surface area contributed by atoms with E-state index >= 15 is 0 Å². The van der Waals surface area contributed by atoms with Crippen molar-refractivity contribution in [3.8, 4) is 11.5 Å². The average molecular weight is 444 g/mol. The van der Waals surface area contributed by atoms with Crippen LogP contribution in [0.4, 0.5) is 0 Å². The second-order valence-electron chi connectivity index (χ2n) is 4.41. The fourth-order valence-corrected chi connectivity index (χ4v) is 2.58. The van der Waals surface area contributed by atoms with Crippen molar-refractivity contribution in [1.82, 2.24) is 0 Å². The lowest BCUT2D eigenvalue weighted by molar-refractivity contribution is 0.0680. The van der Waals surface area contributed by atoms with Crippen LogP contribution in [0.15, 0.2) is 45.3 Å². The topological polar surface area (TPSA) is 72.8 Å². The number of carboxylic acids is 1. The third-order valence-corrected chi connectivity index (χ3v) is 3.82. The summed E-state index contributed by atoms with van der Waals surface area (Å²) in [5, 5.41) is 9.21. The van der Waals surface area contributed by atoms with Crippen LogP contribution in [-0.2, 0) is 0 Å². The minimum absolute atomic E-state index is 0.0341. The molecule has 0 aliphatic rings. The van der Waals surface area contributed by atoms with Gasteiger partial charge < -0.3 is 14.6 Å². The largest absolute Gasteiger partial charge is 0.493 e. The Balaban J connectivity index is 2.37. The number of carbonyl (C=O) groups excluding carboxylic acids is 1. The zero-order valence-corrected chi connectivity index (χ0v) is 15.2. The van der Waals surface area contributed by atoms with Crippen LogP contribution in [0, 0.1) is 0 Å². The summed E-state index contributed by atoms with van der Waals surface area (Å²) < 4.78 is 11.9. The minimum Gasteiger partial charge on any atom is -0.493 e. The molecule has 0 fully saturated rings.